The molecule has 2 saturated heterocycles. The van der Waals surface area contributed by atoms with Gasteiger partial charge in [-0.2, -0.15) is 0 Å². The summed E-state index contributed by atoms with van der Waals surface area (Å²) in [5.74, 6) is -1.78. The van der Waals surface area contributed by atoms with Crippen LogP contribution in [0.2, 0.25) is 0 Å². The number of hydrogen-bond acceptors (Lipinski definition) is 7. The highest BCUT2D eigenvalue weighted by Crippen LogP contribution is 2.33. The van der Waals surface area contributed by atoms with Crippen LogP contribution in [-0.4, -0.2) is 70.6 Å². The maximum Gasteiger partial charge on any atom is 0.338 e. The molecule has 3 rings (SSSR count). The second-order valence-electron chi connectivity index (χ2n) is 7.25. The van der Waals surface area contributed by atoms with E-state index in [1.807, 2.05) is 11.0 Å². The number of cyclic esters (lactones) is 1. The predicted molar refractivity (Wildman–Crippen MR) is 88.5 cm³/mol. The predicted octanol–water partition coefficient (Wildman–Crippen LogP) is 0.164. The van der Waals surface area contributed by atoms with E-state index in [4.69, 9.17) is 9.47 Å². The lowest BCUT2D eigenvalue weighted by molar-refractivity contribution is -0.168. The van der Waals surface area contributed by atoms with Crippen LogP contribution >= 0.6 is 0 Å². The molecule has 3 aliphatic heterocycles. The number of hydrogen-bond donors (Lipinski definition) is 2. The molecule has 25 heavy (non-hydrogen) atoms. The molecule has 0 saturated carbocycles. The Morgan fingerprint density at radius 3 is 2.80 bits per heavy atom. The van der Waals surface area contributed by atoms with Crippen LogP contribution in [0.25, 0.3) is 0 Å². The molecule has 0 aliphatic carbocycles. The quantitative estimate of drug-likeness (QED) is 0.365. The summed E-state index contributed by atoms with van der Waals surface area (Å²) < 4.78 is 10.9. The van der Waals surface area contributed by atoms with Gasteiger partial charge >= 0.3 is 11.9 Å². The van der Waals surface area contributed by atoms with E-state index in [0.717, 1.165) is 5.57 Å². The van der Waals surface area contributed by atoms with Gasteiger partial charge in [-0.15, -0.1) is 0 Å². The van der Waals surface area contributed by atoms with E-state index in [1.54, 1.807) is 19.9 Å². The van der Waals surface area contributed by atoms with Crippen molar-refractivity contribution in [3.63, 3.8) is 0 Å². The van der Waals surface area contributed by atoms with Gasteiger partial charge in [0.15, 0.2) is 5.60 Å². The Morgan fingerprint density at radius 1 is 1.40 bits per heavy atom. The number of nitrogens with zero attached hydrogens (tertiary/aromatic N) is 1. The number of esters is 2. The monoisotopic (exact) mass is 351 g/mol. The zero-order chi connectivity index (χ0) is 18.4. The lowest BCUT2D eigenvalue weighted by Gasteiger charge is -2.29. The summed E-state index contributed by atoms with van der Waals surface area (Å²) in [4.78, 5) is 26.9. The van der Waals surface area contributed by atoms with E-state index in [0.29, 0.717) is 18.7 Å². The average molecular weight is 351 g/mol. The molecule has 3 aliphatic rings. The van der Waals surface area contributed by atoms with Crippen LogP contribution in [0.3, 0.4) is 0 Å². The van der Waals surface area contributed by atoms with Gasteiger partial charge in [0.25, 0.3) is 0 Å². The molecule has 2 fully saturated rings. The Balaban J connectivity index is 1.92. The molecular formula is C18H25NO6. The number of aliphatic hydroxyl groups excluding tert-OH is 1. The Morgan fingerprint density at radius 2 is 2.12 bits per heavy atom. The van der Waals surface area contributed by atoms with E-state index >= 15 is 0 Å². The smallest absolute Gasteiger partial charge is 0.338 e. The standard InChI is InChI=1S/C18H25NO6/c1-4-11-7-10(2)18(3,23)17(22)24-9-12-5-6-19-8-13(25-16(11)21)15(20)14(12)19/h4-5,10,13-15,20,23H,6-9H2,1-3H3/b11-4+/t10-,13+,14+,15+,18-/m1/s1. The molecule has 0 aromatic heterocycles. The number of rotatable bonds is 0. The zero-order valence-electron chi connectivity index (χ0n) is 14.8. The highest BCUT2D eigenvalue weighted by atomic mass is 16.6. The van der Waals surface area contributed by atoms with Crippen LogP contribution in [0.15, 0.2) is 23.3 Å². The van der Waals surface area contributed by atoms with Crippen molar-refractivity contribution in [2.24, 2.45) is 5.92 Å². The van der Waals surface area contributed by atoms with Crippen molar-refractivity contribution in [1.82, 2.24) is 4.90 Å². The number of aliphatic hydroxyl groups is 2. The molecule has 2 N–H and O–H groups in total. The van der Waals surface area contributed by atoms with Crippen LogP contribution in [-0.2, 0) is 19.1 Å². The average Bonchev–Trinajstić information content (AvgIpc) is 3.09. The Labute approximate surface area is 146 Å². The van der Waals surface area contributed by atoms with Crippen LogP contribution in [0.5, 0.6) is 0 Å². The minimum Gasteiger partial charge on any atom is -0.459 e. The minimum absolute atomic E-state index is 0.0110. The van der Waals surface area contributed by atoms with Crippen LogP contribution in [0, 0.1) is 5.92 Å². The summed E-state index contributed by atoms with van der Waals surface area (Å²) in [5.41, 5.74) is -0.581. The highest BCUT2D eigenvalue weighted by Gasteiger charge is 2.48. The first-order valence-corrected chi connectivity index (χ1v) is 8.62. The normalized spacial score (nSPS) is 41.5. The summed E-state index contributed by atoms with van der Waals surface area (Å²) in [6, 6.07) is -0.331. The number of carbonyl (C=O) groups is 2. The zero-order valence-corrected chi connectivity index (χ0v) is 14.8. The summed E-state index contributed by atoms with van der Waals surface area (Å²) in [6.07, 6.45) is 2.22. The Hall–Kier alpha value is -1.70. The minimum atomic E-state index is -1.72. The molecule has 7 nitrogen and oxygen atoms in total. The first-order valence-electron chi connectivity index (χ1n) is 8.62. The summed E-state index contributed by atoms with van der Waals surface area (Å²) in [7, 11) is 0. The Kier molecular flexibility index (Phi) is 4.74. The fourth-order valence-corrected chi connectivity index (χ4v) is 3.68. The third-order valence-corrected chi connectivity index (χ3v) is 5.62. The fraction of sp³-hybridized carbons (Fsp3) is 0.667. The summed E-state index contributed by atoms with van der Waals surface area (Å²) in [6.45, 7) is 5.85. The second-order valence-corrected chi connectivity index (χ2v) is 7.25. The van der Waals surface area contributed by atoms with Gasteiger partial charge in [-0.25, -0.2) is 9.59 Å². The SMILES string of the molecule is C/C=C1\C[C@@H](C)[C@@](C)(O)C(=O)OCC2=CCN3C[C@H](OC1=O)[C@H](O)[C@H]23. The molecule has 0 radical (unpaired) electrons. The highest BCUT2D eigenvalue weighted by molar-refractivity contribution is 5.89. The first-order chi connectivity index (χ1) is 11.8. The van der Waals surface area contributed by atoms with Crippen molar-refractivity contribution in [3.8, 4) is 0 Å². The van der Waals surface area contributed by atoms with E-state index < -0.39 is 35.7 Å². The molecule has 0 aromatic rings. The molecule has 2 bridgehead atoms. The molecular weight excluding hydrogens is 326 g/mol. The lowest BCUT2D eigenvalue weighted by atomic mass is 9.85. The Bertz CT molecular complexity index is 637. The number of ether oxygens (including phenoxy) is 2. The van der Waals surface area contributed by atoms with Crippen LogP contribution in [0.4, 0.5) is 0 Å². The number of allylic oxidation sites excluding steroid dienone is 1. The van der Waals surface area contributed by atoms with Crippen molar-refractivity contribution in [2.75, 3.05) is 19.7 Å². The van der Waals surface area contributed by atoms with Gasteiger partial charge < -0.3 is 19.7 Å². The van der Waals surface area contributed by atoms with Gasteiger partial charge in [-0.3, -0.25) is 4.90 Å². The first kappa shape index (κ1) is 18.1. The number of fused-ring (bicyclic) bond motifs is 1. The van der Waals surface area contributed by atoms with Gasteiger partial charge in [-0.1, -0.05) is 19.1 Å². The van der Waals surface area contributed by atoms with Crippen molar-refractivity contribution >= 4 is 11.9 Å². The van der Waals surface area contributed by atoms with E-state index in [-0.39, 0.29) is 19.1 Å². The van der Waals surface area contributed by atoms with Crippen molar-refractivity contribution in [1.29, 1.82) is 0 Å². The molecule has 0 unspecified atom stereocenters. The van der Waals surface area contributed by atoms with Gasteiger partial charge in [0.1, 0.15) is 18.8 Å². The maximum atomic E-state index is 12.5. The molecule has 0 spiro atoms. The summed E-state index contributed by atoms with van der Waals surface area (Å²) in [5, 5.41) is 21.2. The largest absolute Gasteiger partial charge is 0.459 e. The fourth-order valence-electron chi connectivity index (χ4n) is 3.68. The second kappa shape index (κ2) is 6.55. The van der Waals surface area contributed by atoms with E-state index in [9.17, 15) is 19.8 Å². The maximum absolute atomic E-state index is 12.5. The van der Waals surface area contributed by atoms with Crippen LogP contribution in [0.1, 0.15) is 27.2 Å². The van der Waals surface area contributed by atoms with Crippen molar-refractivity contribution in [2.45, 2.75) is 51.0 Å². The third-order valence-electron chi connectivity index (χ3n) is 5.62. The third kappa shape index (κ3) is 3.12. The van der Waals surface area contributed by atoms with Gasteiger partial charge in [-0.05, 0) is 31.8 Å². The molecule has 5 atom stereocenters. The molecule has 7 heteroatoms. The molecule has 138 valence electrons. The molecule has 0 aromatic carbocycles. The molecule has 0 amide bonds. The van der Waals surface area contributed by atoms with Gasteiger partial charge in [0.05, 0.1) is 6.04 Å². The van der Waals surface area contributed by atoms with Crippen LogP contribution < -0.4 is 0 Å². The van der Waals surface area contributed by atoms with Crippen molar-refractivity contribution < 1.29 is 29.3 Å². The van der Waals surface area contributed by atoms with Gasteiger partial charge in [0, 0.05) is 18.7 Å². The van der Waals surface area contributed by atoms with E-state index in [2.05, 4.69) is 0 Å². The number of carbonyl (C=O) groups excluding carboxylic acids is 2. The topological polar surface area (TPSA) is 96.3 Å². The van der Waals surface area contributed by atoms with Crippen molar-refractivity contribution in [3.05, 3.63) is 23.3 Å². The van der Waals surface area contributed by atoms with Gasteiger partial charge in [0.2, 0.25) is 0 Å². The summed E-state index contributed by atoms with van der Waals surface area (Å²) >= 11 is 0. The molecule has 3 heterocycles. The van der Waals surface area contributed by atoms with E-state index in [1.165, 1.54) is 6.92 Å². The lowest BCUT2D eigenvalue weighted by Crippen LogP contribution is -2.44.